The second-order valence-corrected chi connectivity index (χ2v) is 7.07. The van der Waals surface area contributed by atoms with Crippen molar-refractivity contribution in [3.05, 3.63) is 51.8 Å². The van der Waals surface area contributed by atoms with Crippen LogP contribution in [0.5, 0.6) is 11.5 Å². The van der Waals surface area contributed by atoms with Crippen molar-refractivity contribution >= 4 is 46.6 Å². The van der Waals surface area contributed by atoms with Gasteiger partial charge >= 0.3 is 0 Å². The summed E-state index contributed by atoms with van der Waals surface area (Å²) < 4.78 is 24.0. The van der Waals surface area contributed by atoms with Gasteiger partial charge in [-0.05, 0) is 35.9 Å². The first-order valence-corrected chi connectivity index (χ1v) is 9.34. The molecule has 8 heteroatoms. The van der Waals surface area contributed by atoms with Gasteiger partial charge in [-0.15, -0.1) is 11.8 Å². The Kier molecular flexibility index (Phi) is 5.93. The van der Waals surface area contributed by atoms with Crippen LogP contribution in [0.2, 0.25) is 10.0 Å². The van der Waals surface area contributed by atoms with Crippen LogP contribution >= 0.6 is 35.0 Å². The zero-order valence-electron chi connectivity index (χ0n) is 13.0. The van der Waals surface area contributed by atoms with Gasteiger partial charge in [0.15, 0.2) is 11.5 Å². The van der Waals surface area contributed by atoms with E-state index >= 15 is 0 Å². The third kappa shape index (κ3) is 4.71. The van der Waals surface area contributed by atoms with Crippen molar-refractivity contribution in [1.29, 1.82) is 0 Å². The number of benzene rings is 2. The van der Waals surface area contributed by atoms with Gasteiger partial charge < -0.3 is 14.8 Å². The topological polar surface area (TPSA) is 47.6 Å². The van der Waals surface area contributed by atoms with E-state index in [1.165, 1.54) is 23.9 Å². The van der Waals surface area contributed by atoms with Crippen molar-refractivity contribution in [2.45, 2.75) is 5.75 Å². The second kappa shape index (κ2) is 8.17. The molecule has 132 valence electrons. The highest BCUT2D eigenvalue weighted by Gasteiger charge is 2.16. The highest BCUT2D eigenvalue weighted by atomic mass is 35.5. The van der Waals surface area contributed by atoms with Crippen LogP contribution in [0, 0.1) is 5.82 Å². The Balaban J connectivity index is 1.54. The first-order valence-electron chi connectivity index (χ1n) is 7.43. The molecule has 0 aliphatic carbocycles. The lowest BCUT2D eigenvalue weighted by Gasteiger charge is -2.20. The monoisotopic (exact) mass is 401 g/mol. The van der Waals surface area contributed by atoms with E-state index in [1.807, 2.05) is 6.07 Å². The minimum absolute atomic E-state index is 0.164. The van der Waals surface area contributed by atoms with Crippen molar-refractivity contribution in [2.75, 3.05) is 24.3 Å². The molecule has 0 atom stereocenters. The van der Waals surface area contributed by atoms with E-state index in [4.69, 9.17) is 32.7 Å². The Morgan fingerprint density at radius 3 is 2.76 bits per heavy atom. The zero-order chi connectivity index (χ0) is 17.8. The molecule has 0 saturated heterocycles. The Bertz CT molecular complexity index is 804. The van der Waals surface area contributed by atoms with Crippen molar-refractivity contribution in [2.24, 2.45) is 0 Å². The van der Waals surface area contributed by atoms with E-state index in [1.54, 1.807) is 6.07 Å². The molecule has 3 rings (SSSR count). The highest BCUT2D eigenvalue weighted by molar-refractivity contribution is 7.99. The number of thioether (sulfide) groups is 1. The molecule has 0 aromatic heterocycles. The molecular formula is C17H14Cl2FNO3S. The van der Waals surface area contributed by atoms with Crippen molar-refractivity contribution < 1.29 is 18.7 Å². The molecule has 1 amide bonds. The number of carbonyl (C=O) groups excluding carboxylic acids is 1. The molecule has 0 spiro atoms. The van der Waals surface area contributed by atoms with Gasteiger partial charge in [-0.2, -0.15) is 0 Å². The smallest absolute Gasteiger partial charge is 0.234 e. The van der Waals surface area contributed by atoms with E-state index in [-0.39, 0.29) is 16.7 Å². The maximum absolute atomic E-state index is 13.0. The van der Waals surface area contributed by atoms with E-state index < -0.39 is 5.82 Å². The standard InChI is InChI=1S/C17H14Cl2FNO3S/c18-12-7-11(20)1-2-14(12)21-16(22)9-25-8-10-5-13(19)17-15(6-10)23-3-4-24-17/h1-2,5-7H,3-4,8-9H2,(H,21,22). The third-order valence-electron chi connectivity index (χ3n) is 3.36. The van der Waals surface area contributed by atoms with Crippen LogP contribution in [-0.2, 0) is 10.5 Å². The van der Waals surface area contributed by atoms with Gasteiger partial charge in [-0.1, -0.05) is 23.2 Å². The normalized spacial score (nSPS) is 12.8. The lowest BCUT2D eigenvalue weighted by atomic mass is 10.2. The number of amides is 1. The van der Waals surface area contributed by atoms with E-state index in [2.05, 4.69) is 5.32 Å². The molecule has 2 aromatic carbocycles. The molecule has 1 aliphatic heterocycles. The fraction of sp³-hybridized carbons (Fsp3) is 0.235. The maximum atomic E-state index is 13.0. The van der Waals surface area contributed by atoms with Gasteiger partial charge in [0.2, 0.25) is 5.91 Å². The van der Waals surface area contributed by atoms with E-state index in [0.717, 1.165) is 11.6 Å². The van der Waals surface area contributed by atoms with Gasteiger partial charge in [0.1, 0.15) is 19.0 Å². The lowest BCUT2D eigenvalue weighted by Crippen LogP contribution is -2.16. The predicted molar refractivity (Wildman–Crippen MR) is 98.6 cm³/mol. The minimum atomic E-state index is -0.451. The third-order valence-corrected chi connectivity index (χ3v) is 4.96. The van der Waals surface area contributed by atoms with Gasteiger partial charge in [0.05, 0.1) is 21.5 Å². The average molecular weight is 402 g/mol. The van der Waals surface area contributed by atoms with Crippen molar-refractivity contribution in [1.82, 2.24) is 0 Å². The average Bonchev–Trinajstić information content (AvgIpc) is 2.57. The fourth-order valence-electron chi connectivity index (χ4n) is 2.29. The van der Waals surface area contributed by atoms with Crippen LogP contribution in [-0.4, -0.2) is 24.9 Å². The summed E-state index contributed by atoms with van der Waals surface area (Å²) in [5.41, 5.74) is 1.32. The SMILES string of the molecule is O=C(CSCc1cc(Cl)c2c(c1)OCCO2)Nc1ccc(F)cc1Cl. The Morgan fingerprint density at radius 1 is 1.16 bits per heavy atom. The molecule has 4 nitrogen and oxygen atoms in total. The van der Waals surface area contributed by atoms with E-state index in [0.29, 0.717) is 41.2 Å². The highest BCUT2D eigenvalue weighted by Crippen LogP contribution is 2.39. The number of fused-ring (bicyclic) bond motifs is 1. The fourth-order valence-corrected chi connectivity index (χ4v) is 3.55. The molecule has 0 unspecified atom stereocenters. The van der Waals surface area contributed by atoms with Gasteiger partial charge in [0, 0.05) is 5.75 Å². The van der Waals surface area contributed by atoms with Crippen LogP contribution in [0.1, 0.15) is 5.56 Å². The molecule has 0 bridgehead atoms. The first-order chi connectivity index (χ1) is 12.0. The van der Waals surface area contributed by atoms with Gasteiger partial charge in [0.25, 0.3) is 0 Å². The Labute approximate surface area is 158 Å². The van der Waals surface area contributed by atoms with Crippen LogP contribution < -0.4 is 14.8 Å². The summed E-state index contributed by atoms with van der Waals surface area (Å²) in [6, 6.07) is 7.49. The molecule has 0 radical (unpaired) electrons. The summed E-state index contributed by atoms with van der Waals surface area (Å²) in [5.74, 6) is 1.32. The summed E-state index contributed by atoms with van der Waals surface area (Å²) in [4.78, 5) is 12.0. The minimum Gasteiger partial charge on any atom is -0.486 e. The molecule has 0 fully saturated rings. The number of hydrogen-bond acceptors (Lipinski definition) is 4. The quantitative estimate of drug-likeness (QED) is 0.783. The molecular weight excluding hydrogens is 388 g/mol. The number of nitrogens with one attached hydrogen (secondary N) is 1. The molecule has 1 aliphatic rings. The van der Waals surface area contributed by atoms with Crippen LogP contribution in [0.4, 0.5) is 10.1 Å². The van der Waals surface area contributed by atoms with Gasteiger partial charge in [-0.25, -0.2) is 4.39 Å². The summed E-state index contributed by atoms with van der Waals surface area (Å²) in [5, 5.41) is 3.32. The number of hydrogen-bond donors (Lipinski definition) is 1. The second-order valence-electron chi connectivity index (χ2n) is 5.27. The largest absolute Gasteiger partial charge is 0.486 e. The summed E-state index contributed by atoms with van der Waals surface area (Å²) in [7, 11) is 0. The van der Waals surface area contributed by atoms with Gasteiger partial charge in [-0.3, -0.25) is 4.79 Å². The number of halogens is 3. The summed E-state index contributed by atoms with van der Waals surface area (Å²) in [6.45, 7) is 0.966. The number of ether oxygens (including phenoxy) is 2. The lowest BCUT2D eigenvalue weighted by molar-refractivity contribution is -0.113. The predicted octanol–water partition coefficient (Wildman–Crippen LogP) is 4.78. The number of anilines is 1. The number of carbonyl (C=O) groups is 1. The summed E-state index contributed by atoms with van der Waals surface area (Å²) in [6.07, 6.45) is 0. The van der Waals surface area contributed by atoms with Crippen molar-refractivity contribution in [3.63, 3.8) is 0 Å². The number of rotatable bonds is 5. The zero-order valence-corrected chi connectivity index (χ0v) is 15.3. The molecule has 1 N–H and O–H groups in total. The first kappa shape index (κ1) is 18.2. The molecule has 2 aromatic rings. The Hall–Kier alpha value is -1.63. The molecule has 0 saturated carbocycles. The maximum Gasteiger partial charge on any atom is 0.234 e. The van der Waals surface area contributed by atoms with Crippen LogP contribution in [0.25, 0.3) is 0 Å². The van der Waals surface area contributed by atoms with E-state index in [9.17, 15) is 9.18 Å². The summed E-state index contributed by atoms with van der Waals surface area (Å²) >= 11 is 13.5. The Morgan fingerprint density at radius 2 is 1.96 bits per heavy atom. The molecule has 25 heavy (non-hydrogen) atoms. The van der Waals surface area contributed by atoms with Crippen molar-refractivity contribution in [3.8, 4) is 11.5 Å². The van der Waals surface area contributed by atoms with Crippen LogP contribution in [0.3, 0.4) is 0 Å². The molecule has 1 heterocycles. The van der Waals surface area contributed by atoms with Crippen LogP contribution in [0.15, 0.2) is 30.3 Å².